The second-order valence-corrected chi connectivity index (χ2v) is 4.10. The van der Waals surface area contributed by atoms with Crippen LogP contribution in [0.3, 0.4) is 0 Å². The molecule has 1 rings (SSSR count). The van der Waals surface area contributed by atoms with Gasteiger partial charge in [-0.3, -0.25) is 4.79 Å². The van der Waals surface area contributed by atoms with Crippen LogP contribution in [0, 0.1) is 5.92 Å². The molecule has 64 valence electrons. The van der Waals surface area contributed by atoms with Gasteiger partial charge in [0.25, 0.3) is 0 Å². The number of carbonyl (C=O) groups is 1. The predicted molar refractivity (Wildman–Crippen MR) is 50.3 cm³/mol. The molecule has 1 aliphatic rings. The zero-order valence-corrected chi connectivity index (χ0v) is 8.70. The van der Waals surface area contributed by atoms with Crippen molar-refractivity contribution in [2.24, 2.45) is 5.92 Å². The van der Waals surface area contributed by atoms with E-state index in [2.05, 4.69) is 30.7 Å². The number of ether oxygens (including phenoxy) is 1. The fraction of sp³-hybridized carbons (Fsp3) is 0.857. The third-order valence-corrected chi connectivity index (χ3v) is 2.78. The summed E-state index contributed by atoms with van der Waals surface area (Å²) in [7, 11) is 1.45. The molecule has 0 aromatic heterocycles. The van der Waals surface area contributed by atoms with E-state index in [1.165, 1.54) is 7.11 Å². The fourth-order valence-electron chi connectivity index (χ4n) is 1.29. The first-order valence-corrected chi connectivity index (χ1v) is 4.69. The molecule has 1 atom stereocenters. The van der Waals surface area contributed by atoms with Crippen LogP contribution in [0.25, 0.3) is 0 Å². The summed E-state index contributed by atoms with van der Waals surface area (Å²) in [6.07, 6.45) is 2.08. The van der Waals surface area contributed by atoms with Gasteiger partial charge in [-0.25, -0.2) is 3.11 Å². The van der Waals surface area contributed by atoms with E-state index < -0.39 is 0 Å². The van der Waals surface area contributed by atoms with Crippen LogP contribution in [0.5, 0.6) is 0 Å². The summed E-state index contributed by atoms with van der Waals surface area (Å²) in [6, 6.07) is 0. The molecule has 1 fully saturated rings. The predicted octanol–water partition coefficient (Wildman–Crippen LogP) is 1.22. The molecule has 3 nitrogen and oxygen atoms in total. The van der Waals surface area contributed by atoms with Crippen LogP contribution in [0.4, 0.5) is 0 Å². The standard InChI is InChI=1S/C7H12INO2/c1-11-7(10)6-3-2-4-9(8)5-6/h6H,2-5H2,1H3. The smallest absolute Gasteiger partial charge is 0.309 e. The van der Waals surface area contributed by atoms with Crippen molar-refractivity contribution >= 4 is 28.8 Å². The van der Waals surface area contributed by atoms with Crippen molar-refractivity contribution in [3.8, 4) is 0 Å². The Morgan fingerprint density at radius 2 is 2.45 bits per heavy atom. The van der Waals surface area contributed by atoms with Crippen molar-refractivity contribution in [1.82, 2.24) is 3.11 Å². The molecule has 1 unspecified atom stereocenters. The minimum absolute atomic E-state index is 0.0635. The van der Waals surface area contributed by atoms with Crippen LogP contribution in [-0.2, 0) is 9.53 Å². The van der Waals surface area contributed by atoms with Gasteiger partial charge in [-0.1, -0.05) is 0 Å². The van der Waals surface area contributed by atoms with Gasteiger partial charge in [-0.15, -0.1) is 0 Å². The van der Waals surface area contributed by atoms with Crippen LogP contribution in [-0.4, -0.2) is 29.3 Å². The van der Waals surface area contributed by atoms with Gasteiger partial charge in [0, 0.05) is 36.0 Å². The van der Waals surface area contributed by atoms with E-state index >= 15 is 0 Å². The topological polar surface area (TPSA) is 29.5 Å². The molecule has 0 radical (unpaired) electrons. The zero-order chi connectivity index (χ0) is 8.27. The molecule has 0 spiro atoms. The lowest BCUT2D eigenvalue weighted by Gasteiger charge is -2.25. The maximum absolute atomic E-state index is 11.1. The first kappa shape index (κ1) is 9.25. The third kappa shape index (κ3) is 2.59. The zero-order valence-electron chi connectivity index (χ0n) is 6.55. The van der Waals surface area contributed by atoms with Crippen molar-refractivity contribution in [2.45, 2.75) is 12.8 Å². The Labute approximate surface area is 80.6 Å². The summed E-state index contributed by atoms with van der Waals surface area (Å²) >= 11 is 2.25. The largest absolute Gasteiger partial charge is 0.469 e. The Morgan fingerprint density at radius 3 is 3.00 bits per heavy atom. The number of esters is 1. The summed E-state index contributed by atoms with van der Waals surface area (Å²) < 4.78 is 6.81. The highest BCUT2D eigenvalue weighted by atomic mass is 127. The Morgan fingerprint density at radius 1 is 1.73 bits per heavy atom. The van der Waals surface area contributed by atoms with Crippen molar-refractivity contribution in [3.63, 3.8) is 0 Å². The van der Waals surface area contributed by atoms with E-state index in [1.54, 1.807) is 0 Å². The van der Waals surface area contributed by atoms with E-state index in [1.807, 2.05) is 0 Å². The maximum atomic E-state index is 11.1. The van der Waals surface area contributed by atoms with Crippen molar-refractivity contribution < 1.29 is 9.53 Å². The highest BCUT2D eigenvalue weighted by Crippen LogP contribution is 2.19. The minimum atomic E-state index is -0.0635. The third-order valence-electron chi connectivity index (χ3n) is 1.91. The number of hydrogen-bond acceptors (Lipinski definition) is 3. The molecule has 0 N–H and O–H groups in total. The molecule has 0 aliphatic carbocycles. The second-order valence-electron chi connectivity index (χ2n) is 2.73. The second kappa shape index (κ2) is 4.25. The van der Waals surface area contributed by atoms with Gasteiger partial charge in [0.2, 0.25) is 0 Å². The summed E-state index contributed by atoms with van der Waals surface area (Å²) in [5.41, 5.74) is 0. The number of methoxy groups -OCH3 is 1. The van der Waals surface area contributed by atoms with Crippen LogP contribution < -0.4 is 0 Å². The van der Waals surface area contributed by atoms with Crippen LogP contribution >= 0.6 is 22.9 Å². The summed E-state index contributed by atoms with van der Waals surface area (Å²) in [6.45, 7) is 1.93. The molecule has 4 heteroatoms. The van der Waals surface area contributed by atoms with Crippen molar-refractivity contribution in [1.29, 1.82) is 0 Å². The molecule has 0 aromatic carbocycles. The molecule has 0 bridgehead atoms. The quantitative estimate of drug-likeness (QED) is 0.407. The Balaban J connectivity index is 2.39. The van der Waals surface area contributed by atoms with Crippen LogP contribution in [0.1, 0.15) is 12.8 Å². The molecule has 0 amide bonds. The lowest BCUT2D eigenvalue weighted by atomic mass is 10.0. The first-order valence-electron chi connectivity index (χ1n) is 3.72. The normalized spacial score (nSPS) is 26.5. The monoisotopic (exact) mass is 269 g/mol. The molecular formula is C7H12INO2. The van der Waals surface area contributed by atoms with Crippen LogP contribution in [0.15, 0.2) is 0 Å². The summed E-state index contributed by atoms with van der Waals surface area (Å²) in [5.74, 6) is 0.0389. The van der Waals surface area contributed by atoms with E-state index in [0.717, 1.165) is 25.9 Å². The van der Waals surface area contributed by atoms with Gasteiger partial charge in [0.15, 0.2) is 0 Å². The molecule has 0 aromatic rings. The number of halogens is 1. The highest BCUT2D eigenvalue weighted by molar-refractivity contribution is 14.1. The molecular weight excluding hydrogens is 257 g/mol. The number of hydrogen-bond donors (Lipinski definition) is 0. The maximum Gasteiger partial charge on any atom is 0.309 e. The van der Waals surface area contributed by atoms with E-state index in [9.17, 15) is 4.79 Å². The Bertz CT molecular complexity index is 151. The van der Waals surface area contributed by atoms with E-state index in [-0.39, 0.29) is 11.9 Å². The van der Waals surface area contributed by atoms with Gasteiger partial charge >= 0.3 is 5.97 Å². The number of rotatable bonds is 1. The minimum Gasteiger partial charge on any atom is -0.469 e. The molecule has 1 heterocycles. The highest BCUT2D eigenvalue weighted by Gasteiger charge is 2.24. The van der Waals surface area contributed by atoms with Gasteiger partial charge < -0.3 is 4.74 Å². The van der Waals surface area contributed by atoms with Gasteiger partial charge in [0.1, 0.15) is 0 Å². The average molecular weight is 269 g/mol. The number of piperidine rings is 1. The fourth-order valence-corrected chi connectivity index (χ4v) is 2.11. The molecule has 11 heavy (non-hydrogen) atoms. The lowest BCUT2D eigenvalue weighted by molar-refractivity contribution is -0.146. The average Bonchev–Trinajstić information content (AvgIpc) is 2.03. The van der Waals surface area contributed by atoms with Crippen molar-refractivity contribution in [2.75, 3.05) is 20.2 Å². The van der Waals surface area contributed by atoms with Crippen molar-refractivity contribution in [3.05, 3.63) is 0 Å². The Kier molecular flexibility index (Phi) is 3.58. The van der Waals surface area contributed by atoms with Gasteiger partial charge in [0.05, 0.1) is 13.0 Å². The SMILES string of the molecule is COC(=O)C1CCCN(I)C1. The summed E-state index contributed by atoms with van der Waals surface area (Å²) in [5, 5.41) is 0. The van der Waals surface area contributed by atoms with E-state index in [4.69, 9.17) is 0 Å². The lowest BCUT2D eigenvalue weighted by Crippen LogP contribution is -2.33. The molecule has 0 saturated carbocycles. The van der Waals surface area contributed by atoms with Gasteiger partial charge in [-0.05, 0) is 12.8 Å². The van der Waals surface area contributed by atoms with Crippen LogP contribution in [0.2, 0.25) is 0 Å². The molecule has 1 saturated heterocycles. The van der Waals surface area contributed by atoms with E-state index in [0.29, 0.717) is 0 Å². The Hall–Kier alpha value is 0.160. The number of carbonyl (C=O) groups excluding carboxylic acids is 1. The first-order chi connectivity index (χ1) is 5.24. The number of nitrogens with zero attached hydrogens (tertiary/aromatic N) is 1. The molecule has 1 aliphatic heterocycles. The van der Waals surface area contributed by atoms with Gasteiger partial charge in [-0.2, -0.15) is 0 Å². The summed E-state index contributed by atoms with van der Waals surface area (Å²) in [4.78, 5) is 11.1.